The predicted molar refractivity (Wildman–Crippen MR) is 93.8 cm³/mol. The first-order valence-electron chi connectivity index (χ1n) is 7.38. The van der Waals surface area contributed by atoms with E-state index < -0.39 is 0 Å². The van der Waals surface area contributed by atoms with E-state index >= 15 is 0 Å². The van der Waals surface area contributed by atoms with Gasteiger partial charge in [-0.1, -0.05) is 43.3 Å². The number of hydrogen-bond donors (Lipinski definition) is 0. The van der Waals surface area contributed by atoms with Gasteiger partial charge >= 0.3 is 0 Å². The minimum Gasteiger partial charge on any atom is -0.258 e. The highest BCUT2D eigenvalue weighted by atomic mass is 32.1. The van der Waals surface area contributed by atoms with Crippen molar-refractivity contribution in [2.45, 2.75) is 20.3 Å². The van der Waals surface area contributed by atoms with Crippen LogP contribution in [0.5, 0.6) is 0 Å². The zero-order chi connectivity index (χ0) is 16.4. The van der Waals surface area contributed by atoms with Crippen molar-refractivity contribution in [2.75, 3.05) is 0 Å². The summed E-state index contributed by atoms with van der Waals surface area (Å²) in [5.74, 6) is 0. The third kappa shape index (κ3) is 3.14. The van der Waals surface area contributed by atoms with E-state index in [1.807, 2.05) is 11.4 Å². The number of nitro groups is 1. The first-order valence-corrected chi connectivity index (χ1v) is 8.26. The fourth-order valence-electron chi connectivity index (χ4n) is 2.39. The number of hydrogen-bond acceptors (Lipinski definition) is 4. The zero-order valence-electron chi connectivity index (χ0n) is 12.9. The fourth-order valence-corrected chi connectivity index (χ4v) is 3.22. The fraction of sp³-hybridized carbons (Fsp3) is 0.167. The Morgan fingerprint density at radius 3 is 2.48 bits per heavy atom. The molecule has 0 amide bonds. The second-order valence-electron chi connectivity index (χ2n) is 5.35. The van der Waals surface area contributed by atoms with E-state index in [0.717, 1.165) is 28.2 Å². The summed E-state index contributed by atoms with van der Waals surface area (Å²) >= 11 is 1.55. The van der Waals surface area contributed by atoms with Crippen LogP contribution < -0.4 is 0 Å². The van der Waals surface area contributed by atoms with Crippen molar-refractivity contribution >= 4 is 17.0 Å². The van der Waals surface area contributed by atoms with Gasteiger partial charge in [0.1, 0.15) is 5.01 Å². The van der Waals surface area contributed by atoms with Crippen LogP contribution in [-0.2, 0) is 6.42 Å². The number of nitrogens with zero attached hydrogens (tertiary/aromatic N) is 2. The van der Waals surface area contributed by atoms with E-state index in [1.54, 1.807) is 30.4 Å². The topological polar surface area (TPSA) is 56.0 Å². The maximum atomic E-state index is 11.1. The highest BCUT2D eigenvalue weighted by Gasteiger charge is 2.14. The first kappa shape index (κ1) is 15.4. The summed E-state index contributed by atoms with van der Waals surface area (Å²) in [7, 11) is 0. The summed E-state index contributed by atoms with van der Waals surface area (Å²) in [6.07, 6.45) is 1.01. The molecule has 4 nitrogen and oxygen atoms in total. The van der Waals surface area contributed by atoms with E-state index in [-0.39, 0.29) is 10.6 Å². The molecule has 0 radical (unpaired) electrons. The monoisotopic (exact) mass is 324 g/mol. The van der Waals surface area contributed by atoms with E-state index in [1.165, 1.54) is 5.56 Å². The molecule has 5 heteroatoms. The summed E-state index contributed by atoms with van der Waals surface area (Å²) in [6, 6.07) is 13.6. The van der Waals surface area contributed by atoms with Crippen molar-refractivity contribution in [3.05, 3.63) is 69.1 Å². The van der Waals surface area contributed by atoms with Crippen LogP contribution in [0.3, 0.4) is 0 Å². The number of rotatable bonds is 4. The average Bonchev–Trinajstić information content (AvgIpc) is 3.05. The third-order valence-electron chi connectivity index (χ3n) is 3.81. The molecule has 23 heavy (non-hydrogen) atoms. The van der Waals surface area contributed by atoms with Crippen LogP contribution in [0.15, 0.2) is 47.8 Å². The number of aromatic nitrogens is 1. The molecule has 3 aromatic rings. The van der Waals surface area contributed by atoms with Crippen molar-refractivity contribution in [2.24, 2.45) is 0 Å². The van der Waals surface area contributed by atoms with Crippen LogP contribution in [-0.4, -0.2) is 9.91 Å². The Bertz CT molecular complexity index is 854. The highest BCUT2D eigenvalue weighted by molar-refractivity contribution is 7.13. The van der Waals surface area contributed by atoms with Gasteiger partial charge in [0.25, 0.3) is 5.69 Å². The molecule has 0 fully saturated rings. The SMILES string of the molecule is CCc1ccc(-c2nc(-c3ccc(C)c([N+](=O)[O-])c3)cs2)cc1. The number of aryl methyl sites for hydroxylation is 2. The maximum absolute atomic E-state index is 11.1. The van der Waals surface area contributed by atoms with Crippen molar-refractivity contribution in [1.29, 1.82) is 0 Å². The van der Waals surface area contributed by atoms with E-state index in [9.17, 15) is 10.1 Å². The van der Waals surface area contributed by atoms with Gasteiger partial charge in [-0.15, -0.1) is 11.3 Å². The molecular formula is C18H16N2O2S. The second kappa shape index (κ2) is 6.30. The minimum absolute atomic E-state index is 0.129. The minimum atomic E-state index is -0.352. The van der Waals surface area contributed by atoms with Gasteiger partial charge in [0.05, 0.1) is 10.6 Å². The average molecular weight is 324 g/mol. The molecule has 0 saturated heterocycles. The van der Waals surface area contributed by atoms with Crippen LogP contribution in [0.2, 0.25) is 0 Å². The Kier molecular flexibility index (Phi) is 4.21. The Balaban J connectivity index is 1.95. The van der Waals surface area contributed by atoms with Gasteiger partial charge in [-0.05, 0) is 18.9 Å². The molecule has 0 aliphatic rings. The summed E-state index contributed by atoms with van der Waals surface area (Å²) in [5, 5.41) is 13.9. The molecule has 1 aromatic heterocycles. The van der Waals surface area contributed by atoms with Gasteiger partial charge in [-0.3, -0.25) is 10.1 Å². The maximum Gasteiger partial charge on any atom is 0.272 e. The molecule has 2 aromatic carbocycles. The lowest BCUT2D eigenvalue weighted by molar-refractivity contribution is -0.385. The smallest absolute Gasteiger partial charge is 0.258 e. The van der Waals surface area contributed by atoms with Crippen LogP contribution in [0.25, 0.3) is 21.8 Å². The number of nitro benzene ring substituents is 1. The van der Waals surface area contributed by atoms with Gasteiger partial charge in [-0.25, -0.2) is 4.98 Å². The van der Waals surface area contributed by atoms with Crippen LogP contribution >= 0.6 is 11.3 Å². The lowest BCUT2D eigenvalue weighted by atomic mass is 10.1. The van der Waals surface area contributed by atoms with Crippen LogP contribution in [0.1, 0.15) is 18.1 Å². The molecule has 0 aliphatic heterocycles. The molecule has 1 heterocycles. The van der Waals surface area contributed by atoms with Crippen molar-refractivity contribution < 1.29 is 4.92 Å². The van der Waals surface area contributed by atoms with E-state index in [2.05, 4.69) is 36.2 Å². The first-order chi connectivity index (χ1) is 11.1. The molecule has 0 aliphatic carbocycles. The number of benzene rings is 2. The molecule has 0 unspecified atom stereocenters. The largest absolute Gasteiger partial charge is 0.272 e. The van der Waals surface area contributed by atoms with E-state index in [4.69, 9.17) is 0 Å². The van der Waals surface area contributed by atoms with Crippen molar-refractivity contribution in [3.8, 4) is 21.8 Å². The summed E-state index contributed by atoms with van der Waals surface area (Å²) in [5.41, 5.74) is 4.69. The molecule has 0 N–H and O–H groups in total. The normalized spacial score (nSPS) is 10.7. The Morgan fingerprint density at radius 1 is 1.13 bits per heavy atom. The van der Waals surface area contributed by atoms with E-state index in [0.29, 0.717) is 5.56 Å². The van der Waals surface area contributed by atoms with Gasteiger partial charge in [0, 0.05) is 28.1 Å². The summed E-state index contributed by atoms with van der Waals surface area (Å²) < 4.78 is 0. The standard InChI is InChI=1S/C18H16N2O2S/c1-3-13-5-8-14(9-6-13)18-19-16(11-23-18)15-7-4-12(2)17(10-15)20(21)22/h4-11H,3H2,1-2H3. The van der Waals surface area contributed by atoms with Crippen LogP contribution in [0.4, 0.5) is 5.69 Å². The molecular weight excluding hydrogens is 308 g/mol. The molecule has 0 saturated carbocycles. The molecule has 3 rings (SSSR count). The van der Waals surface area contributed by atoms with Gasteiger partial charge in [0.2, 0.25) is 0 Å². The summed E-state index contributed by atoms with van der Waals surface area (Å²) in [4.78, 5) is 15.4. The lowest BCUT2D eigenvalue weighted by Gasteiger charge is -2.01. The quantitative estimate of drug-likeness (QED) is 0.486. The lowest BCUT2D eigenvalue weighted by Crippen LogP contribution is -1.92. The third-order valence-corrected chi connectivity index (χ3v) is 4.71. The number of thiazole rings is 1. The van der Waals surface area contributed by atoms with Crippen LogP contribution in [0, 0.1) is 17.0 Å². The van der Waals surface area contributed by atoms with Crippen molar-refractivity contribution in [3.63, 3.8) is 0 Å². The zero-order valence-corrected chi connectivity index (χ0v) is 13.8. The Hall–Kier alpha value is -2.53. The molecule has 0 bridgehead atoms. The molecule has 0 spiro atoms. The molecule has 0 atom stereocenters. The van der Waals surface area contributed by atoms with Crippen molar-refractivity contribution in [1.82, 2.24) is 4.98 Å². The Labute approximate surface area is 138 Å². The van der Waals surface area contributed by atoms with Gasteiger partial charge < -0.3 is 0 Å². The second-order valence-corrected chi connectivity index (χ2v) is 6.20. The molecule has 116 valence electrons. The van der Waals surface area contributed by atoms with Gasteiger partial charge in [0.15, 0.2) is 0 Å². The highest BCUT2D eigenvalue weighted by Crippen LogP contribution is 2.31. The predicted octanol–water partition coefficient (Wildman–Crippen LogP) is 5.26. The van der Waals surface area contributed by atoms with Gasteiger partial charge in [-0.2, -0.15) is 0 Å². The Morgan fingerprint density at radius 2 is 1.83 bits per heavy atom. The summed E-state index contributed by atoms with van der Waals surface area (Å²) in [6.45, 7) is 3.87.